The fourth-order valence-electron chi connectivity index (χ4n) is 8.80. The Kier molecular flexibility index (Phi) is 7.33. The Balaban J connectivity index is 1.02. The molecule has 11 rings (SSSR count). The molecule has 0 aliphatic carbocycles. The van der Waals surface area contributed by atoms with Gasteiger partial charge >= 0.3 is 0 Å². The van der Waals surface area contributed by atoms with Crippen molar-refractivity contribution in [2.75, 3.05) is 0 Å². The number of fused-ring (bicyclic) bond motifs is 9. The first-order valence-electron chi connectivity index (χ1n) is 19.3. The minimum absolute atomic E-state index is 0.523. The molecule has 3 heterocycles. The van der Waals surface area contributed by atoms with Crippen LogP contribution in [0.3, 0.4) is 0 Å². The number of nitrogens with zero attached hydrogens (tertiary/aromatic N) is 2. The fraction of sp³-hybridized carbons (Fsp3) is 0.0769. The van der Waals surface area contributed by atoms with Crippen LogP contribution in [0.15, 0.2) is 176 Å². The summed E-state index contributed by atoms with van der Waals surface area (Å²) in [6.45, 7) is 4.58. The lowest BCUT2D eigenvalue weighted by molar-refractivity contribution is 0.733. The zero-order valence-electron chi connectivity index (χ0n) is 30.8. The van der Waals surface area contributed by atoms with Gasteiger partial charge in [0.1, 0.15) is 0 Å². The van der Waals surface area contributed by atoms with Crippen LogP contribution in [-0.2, 0) is 0 Å². The van der Waals surface area contributed by atoms with Crippen molar-refractivity contribution in [1.29, 1.82) is 0 Å². The van der Waals surface area contributed by atoms with Gasteiger partial charge in [-0.2, -0.15) is 0 Å². The number of thiophene rings is 1. The molecule has 0 amide bonds. The third-order valence-corrected chi connectivity index (χ3v) is 13.0. The zero-order chi connectivity index (χ0) is 36.6. The number of benzene rings is 8. The molecule has 3 aromatic heterocycles. The lowest BCUT2D eigenvalue weighted by Crippen LogP contribution is -1.97. The van der Waals surface area contributed by atoms with Crippen LogP contribution < -0.4 is 0 Å². The molecule has 0 fully saturated rings. The van der Waals surface area contributed by atoms with Crippen LogP contribution in [0.25, 0.3) is 97.4 Å². The van der Waals surface area contributed by atoms with Gasteiger partial charge in [-0.05, 0) is 119 Å². The lowest BCUT2D eigenvalue weighted by atomic mass is 9.98. The molecule has 0 aliphatic heterocycles. The second-order valence-electron chi connectivity index (χ2n) is 14.9. The van der Waals surface area contributed by atoms with E-state index in [9.17, 15) is 0 Å². The van der Waals surface area contributed by atoms with E-state index in [1.807, 2.05) is 11.3 Å². The molecule has 0 bridgehead atoms. The van der Waals surface area contributed by atoms with E-state index in [1.54, 1.807) is 0 Å². The van der Waals surface area contributed by atoms with Crippen LogP contribution in [-0.4, -0.2) is 9.13 Å². The molecule has 1 atom stereocenters. The van der Waals surface area contributed by atoms with Crippen LogP contribution in [0.5, 0.6) is 0 Å². The SMILES string of the molecule is CCC(C)c1cccc(-n2c3ccccc3c3cc(-c4ccc5sc6ccc(-c7cccc(-n8c9ccccc9c9ccccc98)c7)cc6c5c4)ccc32)c1. The molecule has 3 heteroatoms. The third kappa shape index (κ3) is 5.07. The monoisotopic (exact) mass is 722 g/mol. The highest BCUT2D eigenvalue weighted by molar-refractivity contribution is 7.25. The van der Waals surface area contributed by atoms with E-state index in [4.69, 9.17) is 0 Å². The smallest absolute Gasteiger partial charge is 0.0541 e. The molecule has 55 heavy (non-hydrogen) atoms. The predicted octanol–water partition coefficient (Wildman–Crippen LogP) is 15.1. The summed E-state index contributed by atoms with van der Waals surface area (Å²) in [5.74, 6) is 0.523. The highest BCUT2D eigenvalue weighted by Crippen LogP contribution is 2.41. The second kappa shape index (κ2) is 12.6. The zero-order valence-corrected chi connectivity index (χ0v) is 31.6. The van der Waals surface area contributed by atoms with Gasteiger partial charge in [-0.15, -0.1) is 11.3 Å². The van der Waals surface area contributed by atoms with E-state index < -0.39 is 0 Å². The second-order valence-corrected chi connectivity index (χ2v) is 16.0. The topological polar surface area (TPSA) is 9.86 Å². The molecule has 0 N–H and O–H groups in total. The van der Waals surface area contributed by atoms with Gasteiger partial charge in [-0.25, -0.2) is 0 Å². The summed E-state index contributed by atoms with van der Waals surface area (Å²) >= 11 is 1.88. The summed E-state index contributed by atoms with van der Waals surface area (Å²) in [4.78, 5) is 0. The van der Waals surface area contributed by atoms with E-state index in [0.717, 1.165) is 6.42 Å². The quantitative estimate of drug-likeness (QED) is 0.162. The summed E-state index contributed by atoms with van der Waals surface area (Å²) < 4.78 is 7.46. The third-order valence-electron chi connectivity index (χ3n) is 11.8. The minimum atomic E-state index is 0.523. The number of hydrogen-bond donors (Lipinski definition) is 0. The summed E-state index contributed by atoms with van der Waals surface area (Å²) in [5.41, 5.74) is 13.6. The minimum Gasteiger partial charge on any atom is -0.309 e. The molecule has 11 aromatic rings. The highest BCUT2D eigenvalue weighted by atomic mass is 32.1. The normalized spacial score (nSPS) is 12.5. The average Bonchev–Trinajstić information content (AvgIpc) is 3.90. The fourth-order valence-corrected chi connectivity index (χ4v) is 9.87. The first-order valence-corrected chi connectivity index (χ1v) is 20.1. The molecule has 0 saturated heterocycles. The summed E-state index contributed by atoms with van der Waals surface area (Å²) in [7, 11) is 0. The van der Waals surface area contributed by atoms with E-state index in [2.05, 4.69) is 199 Å². The number of hydrogen-bond acceptors (Lipinski definition) is 1. The Bertz CT molecular complexity index is 3230. The van der Waals surface area contributed by atoms with E-state index in [-0.39, 0.29) is 0 Å². The van der Waals surface area contributed by atoms with Crippen LogP contribution >= 0.6 is 11.3 Å². The molecule has 0 aliphatic rings. The maximum Gasteiger partial charge on any atom is 0.0541 e. The van der Waals surface area contributed by atoms with Crippen molar-refractivity contribution in [2.24, 2.45) is 0 Å². The Hall–Kier alpha value is -6.42. The van der Waals surface area contributed by atoms with Crippen molar-refractivity contribution in [1.82, 2.24) is 9.13 Å². The van der Waals surface area contributed by atoms with Gasteiger partial charge in [0.05, 0.1) is 22.1 Å². The first-order chi connectivity index (χ1) is 27.1. The highest BCUT2D eigenvalue weighted by Gasteiger charge is 2.16. The van der Waals surface area contributed by atoms with E-state index in [1.165, 1.54) is 103 Å². The van der Waals surface area contributed by atoms with Gasteiger partial charge in [0.15, 0.2) is 0 Å². The molecule has 0 spiro atoms. The summed E-state index contributed by atoms with van der Waals surface area (Å²) in [6, 6.07) is 65.4. The van der Waals surface area contributed by atoms with Crippen LogP contribution in [0.2, 0.25) is 0 Å². The number of para-hydroxylation sites is 3. The predicted molar refractivity (Wildman–Crippen MR) is 238 cm³/mol. The summed E-state index contributed by atoms with van der Waals surface area (Å²) in [6.07, 6.45) is 1.13. The maximum absolute atomic E-state index is 2.44. The largest absolute Gasteiger partial charge is 0.309 e. The van der Waals surface area contributed by atoms with Gasteiger partial charge in [0.25, 0.3) is 0 Å². The van der Waals surface area contributed by atoms with Crippen molar-refractivity contribution in [3.05, 3.63) is 181 Å². The maximum atomic E-state index is 2.44. The van der Waals surface area contributed by atoms with E-state index >= 15 is 0 Å². The standard InChI is InChI=1S/C52H38N2S/c1-3-33(2)34-12-10-14-39(28-34)54-49-21-9-6-18-43(49)44-30-36(22-25-50(44)54)38-24-27-52-46(32-38)45-31-37(23-26-51(45)55-52)35-13-11-15-40(29-35)53-47-19-7-4-16-41(47)42-17-5-8-20-48(42)53/h4-33H,3H2,1-2H3. The first kappa shape index (κ1) is 32.0. The Morgan fingerprint density at radius 1 is 0.400 bits per heavy atom. The van der Waals surface area contributed by atoms with Crippen molar-refractivity contribution >= 4 is 75.1 Å². The Labute approximate surface area is 324 Å². The van der Waals surface area contributed by atoms with Crippen molar-refractivity contribution < 1.29 is 0 Å². The molecular weight excluding hydrogens is 685 g/mol. The van der Waals surface area contributed by atoms with Crippen LogP contribution in [0.1, 0.15) is 31.7 Å². The molecule has 0 radical (unpaired) electrons. The summed E-state index contributed by atoms with van der Waals surface area (Å²) in [5, 5.41) is 7.73. The van der Waals surface area contributed by atoms with Crippen LogP contribution in [0.4, 0.5) is 0 Å². The number of rotatable bonds is 6. The molecule has 1 unspecified atom stereocenters. The van der Waals surface area contributed by atoms with Gasteiger partial charge in [0.2, 0.25) is 0 Å². The van der Waals surface area contributed by atoms with Crippen molar-refractivity contribution in [3.63, 3.8) is 0 Å². The molecule has 2 nitrogen and oxygen atoms in total. The lowest BCUT2D eigenvalue weighted by Gasteiger charge is -2.13. The molecule has 8 aromatic carbocycles. The van der Waals surface area contributed by atoms with Gasteiger partial charge in [-0.3, -0.25) is 0 Å². The molecule has 262 valence electrons. The van der Waals surface area contributed by atoms with Gasteiger partial charge < -0.3 is 9.13 Å². The van der Waals surface area contributed by atoms with E-state index in [0.29, 0.717) is 5.92 Å². The molecule has 0 saturated carbocycles. The van der Waals surface area contributed by atoms with Gasteiger partial charge in [0, 0.05) is 53.1 Å². The number of aromatic nitrogens is 2. The average molecular weight is 723 g/mol. The Morgan fingerprint density at radius 3 is 1.44 bits per heavy atom. The van der Waals surface area contributed by atoms with Gasteiger partial charge in [-0.1, -0.05) is 111 Å². The van der Waals surface area contributed by atoms with Crippen molar-refractivity contribution in [2.45, 2.75) is 26.2 Å². The Morgan fingerprint density at radius 2 is 0.855 bits per heavy atom. The van der Waals surface area contributed by atoms with Crippen LogP contribution in [0, 0.1) is 0 Å². The molecular formula is C52H38N2S. The van der Waals surface area contributed by atoms with Crippen molar-refractivity contribution in [3.8, 4) is 33.6 Å².